The quantitative estimate of drug-likeness (QED) is 0.434. The maximum Gasteiger partial charge on any atom is 0.308 e. The molecule has 2 nitrogen and oxygen atoms in total. The maximum absolute atomic E-state index is 10.6. The predicted octanol–water partition coefficient (Wildman–Crippen LogP) is 3.11. The number of benzene rings is 1. The second-order valence-corrected chi connectivity index (χ2v) is 4.08. The molecular formula is C11H14O2S. The standard InChI is InChI=1S/C11H14O2S/c1-3-8-14-11-6-4-10(5-7-11)13-9(2)12/h4-7H,3,8H2,1-2H3. The van der Waals surface area contributed by atoms with Gasteiger partial charge >= 0.3 is 5.97 Å². The van der Waals surface area contributed by atoms with Gasteiger partial charge < -0.3 is 4.74 Å². The molecule has 1 rings (SSSR count). The molecule has 0 fully saturated rings. The Bertz CT molecular complexity index is 293. The van der Waals surface area contributed by atoms with Crippen molar-refractivity contribution in [3.05, 3.63) is 24.3 Å². The molecular weight excluding hydrogens is 196 g/mol. The number of carbonyl (C=O) groups is 1. The fourth-order valence-electron chi connectivity index (χ4n) is 0.990. The smallest absolute Gasteiger partial charge is 0.308 e. The third-order valence-electron chi connectivity index (χ3n) is 1.56. The summed E-state index contributed by atoms with van der Waals surface area (Å²) in [6, 6.07) is 7.58. The minimum absolute atomic E-state index is 0.279. The van der Waals surface area contributed by atoms with E-state index >= 15 is 0 Å². The molecule has 0 atom stereocenters. The van der Waals surface area contributed by atoms with Gasteiger partial charge in [0.15, 0.2) is 0 Å². The van der Waals surface area contributed by atoms with Gasteiger partial charge in [-0.25, -0.2) is 0 Å². The number of esters is 1. The second kappa shape index (κ2) is 5.70. The molecule has 0 amide bonds. The average Bonchev–Trinajstić information content (AvgIpc) is 2.16. The lowest BCUT2D eigenvalue weighted by Crippen LogP contribution is -2.00. The van der Waals surface area contributed by atoms with E-state index in [0.29, 0.717) is 5.75 Å². The molecule has 1 aromatic carbocycles. The molecule has 0 saturated carbocycles. The first-order valence-corrected chi connectivity index (χ1v) is 5.62. The van der Waals surface area contributed by atoms with Crippen molar-refractivity contribution in [2.45, 2.75) is 25.2 Å². The van der Waals surface area contributed by atoms with Gasteiger partial charge in [0.25, 0.3) is 0 Å². The van der Waals surface area contributed by atoms with Crippen LogP contribution >= 0.6 is 11.8 Å². The van der Waals surface area contributed by atoms with Gasteiger partial charge in [-0.1, -0.05) is 6.92 Å². The molecule has 14 heavy (non-hydrogen) atoms. The number of thioether (sulfide) groups is 1. The summed E-state index contributed by atoms with van der Waals surface area (Å²) < 4.78 is 4.93. The van der Waals surface area contributed by atoms with Crippen LogP contribution in [0.2, 0.25) is 0 Å². The first kappa shape index (κ1) is 11.1. The summed E-state index contributed by atoms with van der Waals surface area (Å²) in [7, 11) is 0. The zero-order valence-corrected chi connectivity index (χ0v) is 9.26. The SMILES string of the molecule is CCCSc1ccc(OC(C)=O)cc1. The van der Waals surface area contributed by atoms with Gasteiger partial charge in [0.05, 0.1) is 0 Å². The summed E-state index contributed by atoms with van der Waals surface area (Å²) in [5, 5.41) is 0. The highest BCUT2D eigenvalue weighted by molar-refractivity contribution is 7.99. The van der Waals surface area contributed by atoms with Crippen molar-refractivity contribution in [3.63, 3.8) is 0 Å². The molecule has 0 spiro atoms. The molecule has 0 aromatic heterocycles. The zero-order chi connectivity index (χ0) is 10.4. The van der Waals surface area contributed by atoms with Crippen LogP contribution in [0.25, 0.3) is 0 Å². The van der Waals surface area contributed by atoms with Crippen LogP contribution in [0.15, 0.2) is 29.2 Å². The van der Waals surface area contributed by atoms with Gasteiger partial charge in [0, 0.05) is 11.8 Å². The van der Waals surface area contributed by atoms with Gasteiger partial charge in [0.2, 0.25) is 0 Å². The molecule has 3 heteroatoms. The van der Waals surface area contributed by atoms with Gasteiger partial charge in [0.1, 0.15) is 5.75 Å². The highest BCUT2D eigenvalue weighted by Crippen LogP contribution is 2.21. The van der Waals surface area contributed by atoms with E-state index in [2.05, 4.69) is 6.92 Å². The third kappa shape index (κ3) is 3.83. The normalized spacial score (nSPS) is 9.86. The largest absolute Gasteiger partial charge is 0.427 e. The molecule has 76 valence electrons. The van der Waals surface area contributed by atoms with E-state index in [4.69, 9.17) is 4.74 Å². The fraction of sp³-hybridized carbons (Fsp3) is 0.364. The van der Waals surface area contributed by atoms with E-state index in [1.54, 1.807) is 0 Å². The Morgan fingerprint density at radius 3 is 2.50 bits per heavy atom. The molecule has 0 N–H and O–H groups in total. The Labute approximate surface area is 88.7 Å². The fourth-order valence-corrected chi connectivity index (χ4v) is 1.76. The lowest BCUT2D eigenvalue weighted by molar-refractivity contribution is -0.131. The summed E-state index contributed by atoms with van der Waals surface area (Å²) in [5.74, 6) is 1.45. The topological polar surface area (TPSA) is 26.3 Å². The summed E-state index contributed by atoms with van der Waals surface area (Å²) >= 11 is 1.81. The summed E-state index contributed by atoms with van der Waals surface area (Å²) in [6.07, 6.45) is 1.16. The van der Waals surface area contributed by atoms with E-state index in [1.807, 2.05) is 36.0 Å². The van der Waals surface area contributed by atoms with Crippen LogP contribution in [-0.2, 0) is 4.79 Å². The Morgan fingerprint density at radius 2 is 2.00 bits per heavy atom. The maximum atomic E-state index is 10.6. The van der Waals surface area contributed by atoms with Crippen molar-refractivity contribution < 1.29 is 9.53 Å². The van der Waals surface area contributed by atoms with E-state index in [9.17, 15) is 4.79 Å². The van der Waals surface area contributed by atoms with Crippen molar-refractivity contribution >= 4 is 17.7 Å². The highest BCUT2D eigenvalue weighted by Gasteiger charge is 1.98. The molecule has 0 aliphatic heterocycles. The van der Waals surface area contributed by atoms with Crippen LogP contribution in [0.4, 0.5) is 0 Å². The number of ether oxygens (including phenoxy) is 1. The Kier molecular flexibility index (Phi) is 4.53. The molecule has 0 unspecified atom stereocenters. The Hall–Kier alpha value is -0.960. The van der Waals surface area contributed by atoms with Crippen molar-refractivity contribution in [3.8, 4) is 5.75 Å². The van der Waals surface area contributed by atoms with Crippen LogP contribution in [-0.4, -0.2) is 11.7 Å². The molecule has 0 radical (unpaired) electrons. The average molecular weight is 210 g/mol. The van der Waals surface area contributed by atoms with Crippen LogP contribution in [0.1, 0.15) is 20.3 Å². The van der Waals surface area contributed by atoms with Crippen LogP contribution in [0, 0.1) is 0 Å². The summed E-state index contributed by atoms with van der Waals surface area (Å²) in [4.78, 5) is 11.9. The first-order chi connectivity index (χ1) is 6.72. The Morgan fingerprint density at radius 1 is 1.36 bits per heavy atom. The van der Waals surface area contributed by atoms with E-state index in [0.717, 1.165) is 12.2 Å². The van der Waals surface area contributed by atoms with E-state index in [1.165, 1.54) is 11.8 Å². The minimum Gasteiger partial charge on any atom is -0.427 e. The van der Waals surface area contributed by atoms with Gasteiger partial charge in [-0.15, -0.1) is 11.8 Å². The van der Waals surface area contributed by atoms with E-state index < -0.39 is 0 Å². The number of rotatable bonds is 4. The van der Waals surface area contributed by atoms with Gasteiger partial charge in [-0.3, -0.25) is 4.79 Å². The van der Waals surface area contributed by atoms with E-state index in [-0.39, 0.29) is 5.97 Å². The number of hydrogen-bond acceptors (Lipinski definition) is 3. The van der Waals surface area contributed by atoms with Crippen LogP contribution in [0.5, 0.6) is 5.75 Å². The van der Waals surface area contributed by atoms with Crippen molar-refractivity contribution in [2.75, 3.05) is 5.75 Å². The lowest BCUT2D eigenvalue weighted by atomic mass is 10.3. The first-order valence-electron chi connectivity index (χ1n) is 4.63. The molecule has 0 aliphatic rings. The molecule has 0 heterocycles. The van der Waals surface area contributed by atoms with Gasteiger partial charge in [-0.05, 0) is 36.4 Å². The molecule has 0 bridgehead atoms. The third-order valence-corrected chi connectivity index (χ3v) is 2.78. The molecule has 1 aromatic rings. The number of carbonyl (C=O) groups excluding carboxylic acids is 1. The predicted molar refractivity (Wildman–Crippen MR) is 58.8 cm³/mol. The zero-order valence-electron chi connectivity index (χ0n) is 8.45. The summed E-state index contributed by atoms with van der Waals surface area (Å²) in [5.41, 5.74) is 0. The second-order valence-electron chi connectivity index (χ2n) is 2.91. The van der Waals surface area contributed by atoms with Crippen LogP contribution in [0.3, 0.4) is 0 Å². The molecule has 0 aliphatic carbocycles. The Balaban J connectivity index is 2.54. The number of hydrogen-bond donors (Lipinski definition) is 0. The summed E-state index contributed by atoms with van der Waals surface area (Å²) in [6.45, 7) is 3.56. The monoisotopic (exact) mass is 210 g/mol. The van der Waals surface area contributed by atoms with Crippen LogP contribution < -0.4 is 4.74 Å². The van der Waals surface area contributed by atoms with Crippen molar-refractivity contribution in [1.29, 1.82) is 0 Å². The van der Waals surface area contributed by atoms with Crippen molar-refractivity contribution in [1.82, 2.24) is 0 Å². The van der Waals surface area contributed by atoms with Gasteiger partial charge in [-0.2, -0.15) is 0 Å². The highest BCUT2D eigenvalue weighted by atomic mass is 32.2. The lowest BCUT2D eigenvalue weighted by Gasteiger charge is -2.02. The minimum atomic E-state index is -0.279. The molecule has 0 saturated heterocycles. The van der Waals surface area contributed by atoms with Crippen molar-refractivity contribution in [2.24, 2.45) is 0 Å².